The number of hydrogen-bond donors (Lipinski definition) is 3. The van der Waals surface area contributed by atoms with Crippen molar-refractivity contribution in [3.8, 4) is 0 Å². The second-order valence-corrected chi connectivity index (χ2v) is 5.92. The predicted octanol–water partition coefficient (Wildman–Crippen LogP) is 0.533. The van der Waals surface area contributed by atoms with Gasteiger partial charge in [0.05, 0.1) is 10.6 Å². The maximum atomic E-state index is 12.2. The van der Waals surface area contributed by atoms with Crippen molar-refractivity contribution < 1.29 is 13.3 Å². The zero-order chi connectivity index (χ0) is 14.8. The highest BCUT2D eigenvalue weighted by Gasteiger charge is 2.23. The molecule has 4 N–H and O–H groups in total. The minimum atomic E-state index is -4.07. The van der Waals surface area contributed by atoms with E-state index in [0.29, 0.717) is 0 Å². The van der Waals surface area contributed by atoms with Gasteiger partial charge in [0.1, 0.15) is 10.4 Å². The van der Waals surface area contributed by atoms with Crippen molar-refractivity contribution in [2.24, 2.45) is 5.84 Å². The summed E-state index contributed by atoms with van der Waals surface area (Å²) in [5.74, 6) is 5.21. The van der Waals surface area contributed by atoms with Crippen LogP contribution in [0.4, 0.5) is 16.5 Å². The van der Waals surface area contributed by atoms with Crippen molar-refractivity contribution in [3.63, 3.8) is 0 Å². The standard InChI is InChI=1S/C8H8N6O4S2/c9-11-6-2-1-5(14(15)16)3-7(6)20(17,18)13-8-12-10-4-19-8/h1-4,11H,9H2,(H,12,13). The summed E-state index contributed by atoms with van der Waals surface area (Å²) in [6.07, 6.45) is 0. The highest BCUT2D eigenvalue weighted by atomic mass is 32.2. The number of hydrazine groups is 1. The van der Waals surface area contributed by atoms with Gasteiger partial charge in [-0.15, -0.1) is 10.2 Å². The SMILES string of the molecule is NNc1ccc([N+](=O)[O-])cc1S(=O)(=O)Nc1nncs1. The molecule has 0 amide bonds. The van der Waals surface area contributed by atoms with Gasteiger partial charge in [0.25, 0.3) is 15.7 Å². The first-order chi connectivity index (χ1) is 9.44. The van der Waals surface area contributed by atoms with Crippen LogP contribution in [-0.4, -0.2) is 23.5 Å². The van der Waals surface area contributed by atoms with E-state index in [1.807, 2.05) is 0 Å². The van der Waals surface area contributed by atoms with E-state index >= 15 is 0 Å². The number of nitrogens with two attached hydrogens (primary N) is 1. The molecule has 1 aromatic heterocycles. The van der Waals surface area contributed by atoms with Crippen LogP contribution in [0.15, 0.2) is 28.6 Å². The highest BCUT2D eigenvalue weighted by Crippen LogP contribution is 2.27. The lowest BCUT2D eigenvalue weighted by Crippen LogP contribution is -2.17. The quantitative estimate of drug-likeness (QED) is 0.410. The van der Waals surface area contributed by atoms with Crippen LogP contribution in [-0.2, 0) is 10.0 Å². The summed E-state index contributed by atoms with van der Waals surface area (Å²) in [5, 5.41) is 17.8. The molecule has 10 nitrogen and oxygen atoms in total. The normalized spacial score (nSPS) is 11.1. The van der Waals surface area contributed by atoms with Gasteiger partial charge in [-0.25, -0.2) is 8.42 Å². The summed E-state index contributed by atoms with van der Waals surface area (Å²) in [6.45, 7) is 0. The van der Waals surface area contributed by atoms with Gasteiger partial charge in [-0.2, -0.15) is 0 Å². The lowest BCUT2D eigenvalue weighted by molar-refractivity contribution is -0.385. The number of nitrogens with zero attached hydrogens (tertiary/aromatic N) is 3. The molecule has 0 spiro atoms. The first-order valence-corrected chi connectivity index (χ1v) is 7.34. The average Bonchev–Trinajstić information content (AvgIpc) is 2.90. The van der Waals surface area contributed by atoms with Crippen molar-refractivity contribution in [1.82, 2.24) is 10.2 Å². The molecule has 1 aromatic carbocycles. The molecule has 0 saturated heterocycles. The van der Waals surface area contributed by atoms with E-state index in [-0.39, 0.29) is 21.4 Å². The Morgan fingerprint density at radius 2 is 2.15 bits per heavy atom. The number of nitrogens with one attached hydrogen (secondary N) is 2. The van der Waals surface area contributed by atoms with Crippen LogP contribution in [0.2, 0.25) is 0 Å². The Kier molecular flexibility index (Phi) is 3.78. The number of sulfonamides is 1. The van der Waals surface area contributed by atoms with Gasteiger partial charge in [0.2, 0.25) is 5.13 Å². The zero-order valence-corrected chi connectivity index (χ0v) is 11.3. The van der Waals surface area contributed by atoms with Crippen LogP contribution in [0.5, 0.6) is 0 Å². The lowest BCUT2D eigenvalue weighted by Gasteiger charge is -2.09. The third kappa shape index (κ3) is 2.81. The molecule has 0 bridgehead atoms. The van der Waals surface area contributed by atoms with Crippen molar-refractivity contribution in [2.75, 3.05) is 10.1 Å². The van der Waals surface area contributed by atoms with Crippen molar-refractivity contribution in [3.05, 3.63) is 33.8 Å². The van der Waals surface area contributed by atoms with E-state index in [0.717, 1.165) is 23.5 Å². The maximum absolute atomic E-state index is 12.2. The predicted molar refractivity (Wildman–Crippen MR) is 71.6 cm³/mol. The molecule has 106 valence electrons. The Balaban J connectivity index is 2.48. The molecule has 20 heavy (non-hydrogen) atoms. The van der Waals surface area contributed by atoms with Crippen LogP contribution < -0.4 is 16.0 Å². The Morgan fingerprint density at radius 3 is 2.70 bits per heavy atom. The fourth-order valence-corrected chi connectivity index (χ4v) is 3.24. The molecule has 2 aromatic rings. The van der Waals surface area contributed by atoms with Crippen LogP contribution >= 0.6 is 11.3 Å². The van der Waals surface area contributed by atoms with Gasteiger partial charge in [-0.3, -0.25) is 20.7 Å². The number of nitro benzene ring substituents is 1. The number of nitro groups is 1. The molecule has 12 heteroatoms. The molecule has 0 saturated carbocycles. The molecule has 0 radical (unpaired) electrons. The topological polar surface area (TPSA) is 153 Å². The Bertz CT molecular complexity index is 729. The first kappa shape index (κ1) is 14.1. The maximum Gasteiger partial charge on any atom is 0.270 e. The van der Waals surface area contributed by atoms with Gasteiger partial charge in [-0.05, 0) is 6.07 Å². The number of anilines is 2. The number of aromatic nitrogens is 2. The molecule has 1 heterocycles. The van der Waals surface area contributed by atoms with E-state index in [1.165, 1.54) is 11.6 Å². The summed E-state index contributed by atoms with van der Waals surface area (Å²) in [4.78, 5) is 9.65. The monoisotopic (exact) mass is 316 g/mol. The largest absolute Gasteiger partial charge is 0.323 e. The average molecular weight is 316 g/mol. The molecule has 0 aliphatic carbocycles. The van der Waals surface area contributed by atoms with Gasteiger partial charge < -0.3 is 5.43 Å². The van der Waals surface area contributed by atoms with Crippen LogP contribution in [0.1, 0.15) is 0 Å². The molecule has 0 unspecified atom stereocenters. The fraction of sp³-hybridized carbons (Fsp3) is 0. The highest BCUT2D eigenvalue weighted by molar-refractivity contribution is 7.93. The van der Waals surface area contributed by atoms with Crippen molar-refractivity contribution in [1.29, 1.82) is 0 Å². The molecular formula is C8H8N6O4S2. The molecule has 0 aliphatic heterocycles. The fourth-order valence-electron chi connectivity index (χ4n) is 1.35. The van der Waals surface area contributed by atoms with Gasteiger partial charge in [0, 0.05) is 12.1 Å². The zero-order valence-electron chi connectivity index (χ0n) is 9.68. The molecular weight excluding hydrogens is 308 g/mol. The van der Waals surface area contributed by atoms with Gasteiger partial charge in [0.15, 0.2) is 0 Å². The van der Waals surface area contributed by atoms with E-state index in [9.17, 15) is 18.5 Å². The summed E-state index contributed by atoms with van der Waals surface area (Å²) < 4.78 is 26.5. The van der Waals surface area contributed by atoms with Crippen molar-refractivity contribution >= 4 is 37.9 Å². The third-order valence-corrected chi connectivity index (χ3v) is 4.32. The number of non-ortho nitro benzene ring substituents is 1. The second-order valence-electron chi connectivity index (χ2n) is 3.43. The molecule has 0 fully saturated rings. The second kappa shape index (κ2) is 5.36. The molecule has 0 aliphatic rings. The van der Waals surface area contributed by atoms with E-state index in [2.05, 4.69) is 20.3 Å². The Labute approximate surface area is 116 Å². The first-order valence-electron chi connectivity index (χ1n) is 4.98. The number of rotatable bonds is 5. The Morgan fingerprint density at radius 1 is 1.40 bits per heavy atom. The minimum Gasteiger partial charge on any atom is -0.323 e. The van der Waals surface area contributed by atoms with Gasteiger partial charge >= 0.3 is 0 Å². The number of nitrogen functional groups attached to an aromatic ring is 1. The smallest absolute Gasteiger partial charge is 0.270 e. The molecule has 2 rings (SSSR count). The van der Waals surface area contributed by atoms with Crippen molar-refractivity contribution in [2.45, 2.75) is 4.90 Å². The van der Waals surface area contributed by atoms with Gasteiger partial charge in [-0.1, -0.05) is 11.3 Å². The molecule has 0 atom stereocenters. The summed E-state index contributed by atoms with van der Waals surface area (Å²) in [6, 6.07) is 3.24. The Hall–Kier alpha value is -2.31. The summed E-state index contributed by atoms with van der Waals surface area (Å²) in [7, 11) is -4.07. The van der Waals surface area contributed by atoms with Crippen LogP contribution in [0.25, 0.3) is 0 Å². The minimum absolute atomic E-state index is 0.0209. The van der Waals surface area contributed by atoms with E-state index < -0.39 is 14.9 Å². The van der Waals surface area contributed by atoms with Crippen LogP contribution in [0.3, 0.4) is 0 Å². The van der Waals surface area contributed by atoms with E-state index in [1.54, 1.807) is 0 Å². The summed E-state index contributed by atoms with van der Waals surface area (Å²) >= 11 is 0.970. The summed E-state index contributed by atoms with van der Waals surface area (Å²) in [5.41, 5.74) is 3.16. The number of benzene rings is 1. The van der Waals surface area contributed by atoms with E-state index in [4.69, 9.17) is 5.84 Å². The lowest BCUT2D eigenvalue weighted by atomic mass is 10.3. The van der Waals surface area contributed by atoms with Crippen LogP contribution in [0, 0.1) is 10.1 Å². The third-order valence-electron chi connectivity index (χ3n) is 2.20. The number of hydrogen-bond acceptors (Lipinski definition) is 9.